The van der Waals surface area contributed by atoms with Crippen molar-refractivity contribution in [3.8, 4) is 0 Å². The van der Waals surface area contributed by atoms with Crippen molar-refractivity contribution in [2.75, 3.05) is 33.8 Å². The van der Waals surface area contributed by atoms with Crippen LogP contribution in [0.1, 0.15) is 54.4 Å². The van der Waals surface area contributed by atoms with Crippen LogP contribution < -0.4 is 10.6 Å². The first-order valence-electron chi connectivity index (χ1n) is 9.96. The molecule has 1 aromatic carbocycles. The summed E-state index contributed by atoms with van der Waals surface area (Å²) in [5.74, 6) is -0.0705. The number of ether oxygens (including phenoxy) is 1. The number of nitrogens with one attached hydrogen (secondary N) is 2. The molecule has 0 atom stereocenters. The van der Waals surface area contributed by atoms with E-state index in [9.17, 15) is 9.59 Å². The predicted molar refractivity (Wildman–Crippen MR) is 107 cm³/mol. The fourth-order valence-corrected chi connectivity index (χ4v) is 3.36. The van der Waals surface area contributed by atoms with E-state index in [1.165, 1.54) is 32.1 Å². The Kier molecular flexibility index (Phi) is 9.28. The summed E-state index contributed by atoms with van der Waals surface area (Å²) >= 11 is 0. The molecule has 1 aliphatic carbocycles. The van der Waals surface area contributed by atoms with Crippen molar-refractivity contribution < 1.29 is 14.3 Å². The Labute approximate surface area is 162 Å². The third-order valence-corrected chi connectivity index (χ3v) is 4.86. The van der Waals surface area contributed by atoms with Crippen LogP contribution in [0.2, 0.25) is 0 Å². The molecule has 0 aliphatic heterocycles. The minimum atomic E-state index is -0.0956. The number of hydrogen-bond donors (Lipinski definition) is 2. The molecule has 6 heteroatoms. The lowest BCUT2D eigenvalue weighted by Crippen LogP contribution is -2.35. The monoisotopic (exact) mass is 375 g/mol. The molecule has 0 bridgehead atoms. The smallest absolute Gasteiger partial charge is 0.251 e. The topological polar surface area (TPSA) is 70.7 Å². The van der Waals surface area contributed by atoms with Gasteiger partial charge in [-0.25, -0.2) is 0 Å². The fraction of sp³-hybridized carbons (Fsp3) is 0.619. The zero-order chi connectivity index (χ0) is 19.5. The molecule has 0 spiro atoms. The summed E-state index contributed by atoms with van der Waals surface area (Å²) in [7, 11) is 3.53. The van der Waals surface area contributed by atoms with Gasteiger partial charge in [-0.1, -0.05) is 31.4 Å². The fourth-order valence-electron chi connectivity index (χ4n) is 3.36. The van der Waals surface area contributed by atoms with Gasteiger partial charge >= 0.3 is 0 Å². The Bertz CT molecular complexity index is 583. The Morgan fingerprint density at radius 2 is 1.85 bits per heavy atom. The molecular weight excluding hydrogens is 342 g/mol. The highest BCUT2D eigenvalue weighted by Gasteiger charge is 2.13. The summed E-state index contributed by atoms with van der Waals surface area (Å²) in [5, 5.41) is 5.56. The van der Waals surface area contributed by atoms with Crippen LogP contribution >= 0.6 is 0 Å². The van der Waals surface area contributed by atoms with E-state index in [0.717, 1.165) is 18.6 Å². The van der Waals surface area contributed by atoms with Crippen LogP contribution in [0.25, 0.3) is 0 Å². The Balaban J connectivity index is 1.58. The molecule has 0 aromatic heterocycles. The molecule has 2 rings (SSSR count). The van der Waals surface area contributed by atoms with E-state index in [-0.39, 0.29) is 11.8 Å². The maximum Gasteiger partial charge on any atom is 0.251 e. The van der Waals surface area contributed by atoms with E-state index in [1.54, 1.807) is 19.2 Å². The summed E-state index contributed by atoms with van der Waals surface area (Å²) < 4.78 is 5.87. The molecule has 1 aliphatic rings. The first kappa shape index (κ1) is 21.4. The van der Waals surface area contributed by atoms with Crippen molar-refractivity contribution >= 4 is 11.8 Å². The summed E-state index contributed by atoms with van der Waals surface area (Å²) in [6.45, 7) is 2.38. The van der Waals surface area contributed by atoms with Crippen LogP contribution in [-0.2, 0) is 16.1 Å². The van der Waals surface area contributed by atoms with E-state index in [4.69, 9.17) is 4.74 Å². The molecule has 0 saturated heterocycles. The van der Waals surface area contributed by atoms with E-state index < -0.39 is 0 Å². The van der Waals surface area contributed by atoms with Crippen molar-refractivity contribution in [2.45, 2.75) is 51.2 Å². The van der Waals surface area contributed by atoms with E-state index in [0.29, 0.717) is 31.3 Å². The van der Waals surface area contributed by atoms with E-state index in [1.807, 2.05) is 24.1 Å². The number of amides is 2. The molecule has 1 saturated carbocycles. The van der Waals surface area contributed by atoms with Crippen LogP contribution in [0.3, 0.4) is 0 Å². The summed E-state index contributed by atoms with van der Waals surface area (Å²) in [5.41, 5.74) is 1.70. The first-order chi connectivity index (χ1) is 13.1. The van der Waals surface area contributed by atoms with E-state index >= 15 is 0 Å². The van der Waals surface area contributed by atoms with Gasteiger partial charge in [0, 0.05) is 32.3 Å². The van der Waals surface area contributed by atoms with Gasteiger partial charge in [-0.2, -0.15) is 0 Å². The van der Waals surface area contributed by atoms with Gasteiger partial charge in [0.25, 0.3) is 5.91 Å². The predicted octanol–water partition coefficient (Wildman–Crippen LogP) is 2.33. The lowest BCUT2D eigenvalue weighted by atomic mass is 9.98. The van der Waals surface area contributed by atoms with Crippen molar-refractivity contribution in [2.24, 2.45) is 0 Å². The van der Waals surface area contributed by atoms with Gasteiger partial charge in [-0.05, 0) is 44.0 Å². The van der Waals surface area contributed by atoms with Crippen LogP contribution in [0.4, 0.5) is 0 Å². The molecule has 2 N–H and O–H groups in total. The van der Waals surface area contributed by atoms with Gasteiger partial charge in [0.05, 0.1) is 12.6 Å². The number of hydrogen-bond acceptors (Lipinski definition) is 4. The van der Waals surface area contributed by atoms with Gasteiger partial charge in [0.15, 0.2) is 0 Å². The second-order valence-corrected chi connectivity index (χ2v) is 7.28. The van der Waals surface area contributed by atoms with Gasteiger partial charge < -0.3 is 15.4 Å². The van der Waals surface area contributed by atoms with Gasteiger partial charge in [0.1, 0.15) is 0 Å². The highest BCUT2D eigenvalue weighted by Crippen LogP contribution is 2.20. The Hall–Kier alpha value is -1.92. The highest BCUT2D eigenvalue weighted by molar-refractivity contribution is 5.93. The first-order valence-corrected chi connectivity index (χ1v) is 9.96. The normalized spacial score (nSPS) is 14.9. The molecule has 0 unspecified atom stereocenters. The number of benzene rings is 1. The number of likely N-dealkylation sites (N-methyl/N-ethyl adjacent to an activating group) is 1. The molecule has 0 radical (unpaired) electrons. The van der Waals surface area contributed by atoms with Crippen LogP contribution in [0.15, 0.2) is 24.3 Å². The van der Waals surface area contributed by atoms with Crippen LogP contribution in [0.5, 0.6) is 0 Å². The second-order valence-electron chi connectivity index (χ2n) is 7.28. The number of rotatable bonds is 10. The minimum Gasteiger partial charge on any atom is -0.378 e. The zero-order valence-electron chi connectivity index (χ0n) is 16.6. The van der Waals surface area contributed by atoms with Crippen molar-refractivity contribution in [1.82, 2.24) is 15.5 Å². The summed E-state index contributed by atoms with van der Waals surface area (Å²) in [6.07, 6.45) is 7.54. The maximum atomic E-state index is 12.0. The van der Waals surface area contributed by atoms with Crippen molar-refractivity contribution in [3.05, 3.63) is 35.4 Å². The Morgan fingerprint density at radius 1 is 1.15 bits per heavy atom. The standard InChI is InChI=1S/C21H33N3O3/c1-22-21(26)18-11-9-17(10-12-18)15-24(2)16-20(25)23-13-6-14-27-19-7-4-3-5-8-19/h9-12,19H,3-8,13-16H2,1-2H3,(H,22,26)(H,23,25). The molecule has 0 heterocycles. The second kappa shape index (κ2) is 11.7. The van der Waals surface area contributed by atoms with Gasteiger partial charge in [-0.3, -0.25) is 14.5 Å². The highest BCUT2D eigenvalue weighted by atomic mass is 16.5. The van der Waals surface area contributed by atoms with Crippen LogP contribution in [-0.4, -0.2) is 56.6 Å². The summed E-state index contributed by atoms with van der Waals surface area (Å²) in [4.78, 5) is 25.6. The third kappa shape index (κ3) is 8.10. The summed E-state index contributed by atoms with van der Waals surface area (Å²) in [6, 6.07) is 7.44. The molecule has 1 aromatic rings. The molecular formula is C21H33N3O3. The average molecular weight is 376 g/mol. The number of nitrogens with zero attached hydrogens (tertiary/aromatic N) is 1. The molecule has 150 valence electrons. The van der Waals surface area contributed by atoms with Crippen molar-refractivity contribution in [3.63, 3.8) is 0 Å². The largest absolute Gasteiger partial charge is 0.378 e. The minimum absolute atomic E-state index is 0.0251. The number of carbonyl (C=O) groups excluding carboxylic acids is 2. The zero-order valence-corrected chi connectivity index (χ0v) is 16.6. The van der Waals surface area contributed by atoms with E-state index in [2.05, 4.69) is 10.6 Å². The van der Waals surface area contributed by atoms with Crippen molar-refractivity contribution in [1.29, 1.82) is 0 Å². The number of carbonyl (C=O) groups is 2. The molecule has 6 nitrogen and oxygen atoms in total. The third-order valence-electron chi connectivity index (χ3n) is 4.86. The molecule has 27 heavy (non-hydrogen) atoms. The maximum absolute atomic E-state index is 12.0. The SMILES string of the molecule is CNC(=O)c1ccc(CN(C)CC(=O)NCCCOC2CCCCC2)cc1. The quantitative estimate of drug-likeness (QED) is 0.616. The lowest BCUT2D eigenvalue weighted by Gasteiger charge is -2.22. The van der Waals surface area contributed by atoms with Gasteiger partial charge in [-0.15, -0.1) is 0 Å². The van der Waals surface area contributed by atoms with Crippen LogP contribution in [0, 0.1) is 0 Å². The average Bonchev–Trinajstić information content (AvgIpc) is 2.68. The Morgan fingerprint density at radius 3 is 2.52 bits per heavy atom. The lowest BCUT2D eigenvalue weighted by molar-refractivity contribution is -0.122. The van der Waals surface area contributed by atoms with Gasteiger partial charge in [0.2, 0.25) is 5.91 Å². The molecule has 1 fully saturated rings. The molecule has 2 amide bonds.